The fraction of sp³-hybridized carbons (Fsp3) is 0.949. The van der Waals surface area contributed by atoms with Crippen molar-refractivity contribution in [1.29, 1.82) is 0 Å². The summed E-state index contributed by atoms with van der Waals surface area (Å²) in [6.07, 6.45) is 53.1. The van der Waals surface area contributed by atoms with Crippen molar-refractivity contribution in [2.24, 2.45) is 23.7 Å². The molecule has 0 bridgehead atoms. The van der Waals surface area contributed by atoms with Gasteiger partial charge in [-0.3, -0.25) is 37.3 Å². The lowest BCUT2D eigenvalue weighted by Gasteiger charge is -2.21. The molecule has 0 fully saturated rings. The van der Waals surface area contributed by atoms with Crippen LogP contribution in [0.15, 0.2) is 0 Å². The van der Waals surface area contributed by atoms with Gasteiger partial charge in [0.2, 0.25) is 0 Å². The Balaban J connectivity index is 5.14. The number of ether oxygens (including phenoxy) is 4. The smallest absolute Gasteiger partial charge is 0.462 e. The van der Waals surface area contributed by atoms with E-state index in [1.54, 1.807) is 0 Å². The lowest BCUT2D eigenvalue weighted by molar-refractivity contribution is -0.161. The van der Waals surface area contributed by atoms with Crippen LogP contribution in [0.5, 0.6) is 0 Å². The van der Waals surface area contributed by atoms with Crippen LogP contribution >= 0.6 is 15.6 Å². The quantitative estimate of drug-likeness (QED) is 0.0222. The SMILES string of the molecule is CC(C)CCCCCCCCCCCCCCCCCCC(=O)OC[C@H](COP(=O)(O)OCC(O)COP(=O)(O)OC[C@@H](COC(=O)CCCCCCCCC(C)C)OC(=O)CCCCCCCCCCCCCCCCCCC(C)C)OC(=O)CCCCCCCCCC(C)C. The number of carbonyl (C=O) groups excluding carboxylic acids is 4. The van der Waals surface area contributed by atoms with Gasteiger partial charge in [-0.25, -0.2) is 9.13 Å². The molecule has 19 heteroatoms. The first-order chi connectivity index (χ1) is 46.6. The van der Waals surface area contributed by atoms with Crippen LogP contribution in [-0.2, 0) is 65.4 Å². The van der Waals surface area contributed by atoms with Gasteiger partial charge in [-0.05, 0) is 49.4 Å². The molecule has 3 N–H and O–H groups in total. The van der Waals surface area contributed by atoms with Gasteiger partial charge in [0.05, 0.1) is 26.4 Å². The van der Waals surface area contributed by atoms with Crippen molar-refractivity contribution in [3.8, 4) is 0 Å². The molecule has 0 aromatic carbocycles. The van der Waals surface area contributed by atoms with Gasteiger partial charge in [0, 0.05) is 25.7 Å². The van der Waals surface area contributed by atoms with E-state index in [0.29, 0.717) is 37.5 Å². The maximum atomic E-state index is 13.1. The van der Waals surface area contributed by atoms with Gasteiger partial charge < -0.3 is 33.8 Å². The number of hydrogen-bond donors (Lipinski definition) is 3. The molecule has 0 aromatic rings. The van der Waals surface area contributed by atoms with Crippen LogP contribution in [0.25, 0.3) is 0 Å². The van der Waals surface area contributed by atoms with E-state index in [1.807, 2.05) is 0 Å². The van der Waals surface area contributed by atoms with Crippen molar-refractivity contribution >= 4 is 39.5 Å². The molecule has 0 aliphatic heterocycles. The zero-order valence-electron chi connectivity index (χ0n) is 63.7. The Hall–Kier alpha value is -1.94. The number of carbonyl (C=O) groups is 4. The van der Waals surface area contributed by atoms with Gasteiger partial charge in [0.1, 0.15) is 19.3 Å². The number of phosphoric ester groups is 2. The summed E-state index contributed by atoms with van der Waals surface area (Å²) in [4.78, 5) is 72.8. The van der Waals surface area contributed by atoms with E-state index in [4.69, 9.17) is 37.0 Å². The summed E-state index contributed by atoms with van der Waals surface area (Å²) < 4.78 is 68.5. The Labute approximate surface area is 594 Å². The normalized spacial score (nSPS) is 14.1. The van der Waals surface area contributed by atoms with E-state index < -0.39 is 97.5 Å². The zero-order chi connectivity index (χ0) is 71.7. The summed E-state index contributed by atoms with van der Waals surface area (Å²) in [6, 6.07) is 0. The van der Waals surface area contributed by atoms with Crippen LogP contribution in [0, 0.1) is 23.7 Å². The molecule has 5 atom stereocenters. The summed E-state index contributed by atoms with van der Waals surface area (Å²) in [5.74, 6) is 0.874. The molecule has 0 saturated carbocycles. The van der Waals surface area contributed by atoms with Crippen molar-refractivity contribution in [2.75, 3.05) is 39.6 Å². The van der Waals surface area contributed by atoms with E-state index in [-0.39, 0.29) is 25.7 Å². The molecule has 0 heterocycles. The highest BCUT2D eigenvalue weighted by Gasteiger charge is 2.30. The second-order valence-corrected chi connectivity index (χ2v) is 32.9. The standard InChI is InChI=1S/C78H152O17P2/c1-68(2)54-46-38-30-25-21-17-13-9-11-15-19-23-27-33-42-50-58-75(80)88-64-73(95-78(83)61-53-45-35-29-32-40-48-56-70(5)6)66-92-96(84,85)90-62-72(79)63-91-97(86,87)93-67-74(65-89-76(81)59-51-43-37-36-41-49-57-71(7)8)94-77(82)60-52-44-34-28-24-20-16-12-10-14-18-22-26-31-39-47-55-69(3)4/h68-74,79H,9-67H2,1-8H3,(H,84,85)(H,86,87)/t72?,73-,74-/m1/s1. The lowest BCUT2D eigenvalue weighted by atomic mass is 10.0. The van der Waals surface area contributed by atoms with Crippen LogP contribution in [0.1, 0.15) is 396 Å². The van der Waals surface area contributed by atoms with Crippen LogP contribution < -0.4 is 0 Å². The summed E-state index contributed by atoms with van der Waals surface area (Å²) in [6.45, 7) is 14.1. The number of rotatable bonds is 75. The second kappa shape index (κ2) is 67.2. The number of esters is 4. The maximum absolute atomic E-state index is 13.1. The minimum absolute atomic E-state index is 0.103. The van der Waals surface area contributed by atoms with Gasteiger partial charge in [-0.15, -0.1) is 0 Å². The molecule has 3 unspecified atom stereocenters. The van der Waals surface area contributed by atoms with Crippen LogP contribution in [0.2, 0.25) is 0 Å². The van der Waals surface area contributed by atoms with Crippen LogP contribution in [0.4, 0.5) is 0 Å². The summed E-state index contributed by atoms with van der Waals surface area (Å²) >= 11 is 0. The summed E-state index contributed by atoms with van der Waals surface area (Å²) in [7, 11) is -9.91. The van der Waals surface area contributed by atoms with Gasteiger partial charge in [-0.1, -0.05) is 344 Å². The van der Waals surface area contributed by atoms with E-state index in [9.17, 15) is 43.2 Å². The largest absolute Gasteiger partial charge is 0.472 e. The van der Waals surface area contributed by atoms with Gasteiger partial charge in [0.15, 0.2) is 12.2 Å². The van der Waals surface area contributed by atoms with E-state index in [0.717, 1.165) is 108 Å². The third-order valence-corrected chi connectivity index (χ3v) is 20.0. The van der Waals surface area contributed by atoms with Gasteiger partial charge in [-0.2, -0.15) is 0 Å². The third-order valence-electron chi connectivity index (χ3n) is 18.1. The highest BCUT2D eigenvalue weighted by atomic mass is 31.2. The first kappa shape index (κ1) is 95.1. The molecule has 17 nitrogen and oxygen atoms in total. The van der Waals surface area contributed by atoms with Crippen molar-refractivity contribution < 1.29 is 80.2 Å². The molecule has 0 amide bonds. The van der Waals surface area contributed by atoms with Crippen molar-refractivity contribution in [2.45, 2.75) is 414 Å². The predicted molar refractivity (Wildman–Crippen MR) is 395 cm³/mol. The average molecular weight is 1420 g/mol. The molecule has 576 valence electrons. The van der Waals surface area contributed by atoms with Crippen molar-refractivity contribution in [3.05, 3.63) is 0 Å². The van der Waals surface area contributed by atoms with Gasteiger partial charge in [0.25, 0.3) is 0 Å². The fourth-order valence-electron chi connectivity index (χ4n) is 11.9. The molecule has 97 heavy (non-hydrogen) atoms. The van der Waals surface area contributed by atoms with Crippen molar-refractivity contribution in [3.63, 3.8) is 0 Å². The Bertz CT molecular complexity index is 1900. The highest BCUT2D eigenvalue weighted by molar-refractivity contribution is 7.47. The number of unbranched alkanes of at least 4 members (excludes halogenated alkanes) is 41. The van der Waals surface area contributed by atoms with E-state index in [1.165, 1.54) is 193 Å². The van der Waals surface area contributed by atoms with Crippen molar-refractivity contribution in [1.82, 2.24) is 0 Å². The molecule has 0 radical (unpaired) electrons. The molecule has 0 aliphatic carbocycles. The Morgan fingerprint density at radius 3 is 0.639 bits per heavy atom. The predicted octanol–water partition coefficient (Wildman–Crippen LogP) is 22.8. The lowest BCUT2D eigenvalue weighted by Crippen LogP contribution is -2.30. The second-order valence-electron chi connectivity index (χ2n) is 30.0. The molecule has 0 rings (SSSR count). The topological polar surface area (TPSA) is 237 Å². The number of phosphoric acid groups is 2. The molecule has 0 aromatic heterocycles. The van der Waals surface area contributed by atoms with E-state index in [2.05, 4.69) is 55.4 Å². The Morgan fingerprint density at radius 1 is 0.258 bits per heavy atom. The first-order valence-electron chi connectivity index (χ1n) is 40.2. The first-order valence-corrected chi connectivity index (χ1v) is 43.2. The molecular weight excluding hydrogens is 1270 g/mol. The number of hydrogen-bond acceptors (Lipinski definition) is 15. The highest BCUT2D eigenvalue weighted by Crippen LogP contribution is 2.45. The molecular formula is C78H152O17P2. The minimum atomic E-state index is -4.96. The zero-order valence-corrected chi connectivity index (χ0v) is 65.5. The van der Waals surface area contributed by atoms with Crippen LogP contribution in [0.3, 0.4) is 0 Å². The number of aliphatic hydroxyl groups excluding tert-OH is 1. The molecule has 0 aliphatic rings. The van der Waals surface area contributed by atoms with Crippen LogP contribution in [-0.4, -0.2) is 96.7 Å². The Kier molecular flexibility index (Phi) is 65.9. The Morgan fingerprint density at radius 2 is 0.433 bits per heavy atom. The summed E-state index contributed by atoms with van der Waals surface area (Å²) in [5.41, 5.74) is 0. The maximum Gasteiger partial charge on any atom is 0.472 e. The monoisotopic (exact) mass is 1420 g/mol. The average Bonchev–Trinajstić information content (AvgIpc) is 1.11. The number of aliphatic hydroxyl groups is 1. The molecule has 0 saturated heterocycles. The minimum Gasteiger partial charge on any atom is -0.462 e. The fourth-order valence-corrected chi connectivity index (χ4v) is 13.5. The molecule has 0 spiro atoms. The third kappa shape index (κ3) is 72.2. The van der Waals surface area contributed by atoms with Gasteiger partial charge >= 0.3 is 39.5 Å². The van der Waals surface area contributed by atoms with E-state index >= 15 is 0 Å². The summed E-state index contributed by atoms with van der Waals surface area (Å²) in [5, 5.41) is 10.6.